The molecule has 7 nitrogen and oxygen atoms in total. The molecule has 0 amide bonds. The second-order valence-corrected chi connectivity index (χ2v) is 10.2. The fourth-order valence-corrected chi connectivity index (χ4v) is 5.85. The van der Waals surface area contributed by atoms with Crippen LogP contribution >= 0.6 is 0 Å². The van der Waals surface area contributed by atoms with Gasteiger partial charge in [-0.2, -0.15) is 5.10 Å². The van der Waals surface area contributed by atoms with E-state index in [1.165, 1.54) is 57.6 Å². The second kappa shape index (κ2) is 9.91. The van der Waals surface area contributed by atoms with Gasteiger partial charge in [0.05, 0.1) is 0 Å². The summed E-state index contributed by atoms with van der Waals surface area (Å²) in [5.74, 6) is 2.62. The van der Waals surface area contributed by atoms with Crippen LogP contribution in [0.4, 0.5) is 5.82 Å². The highest BCUT2D eigenvalue weighted by Gasteiger charge is 2.30. The number of hydrogen-bond donors (Lipinski definition) is 1. The molecular formula is C29H34N6O. The van der Waals surface area contributed by atoms with Crippen LogP contribution in [-0.4, -0.2) is 63.7 Å². The summed E-state index contributed by atoms with van der Waals surface area (Å²) in [7, 11) is 2.22. The predicted molar refractivity (Wildman–Crippen MR) is 143 cm³/mol. The van der Waals surface area contributed by atoms with Gasteiger partial charge in [0.2, 0.25) is 0 Å². The van der Waals surface area contributed by atoms with Crippen molar-refractivity contribution in [2.24, 2.45) is 0 Å². The van der Waals surface area contributed by atoms with Gasteiger partial charge < -0.3 is 15.4 Å². The number of likely N-dealkylation sites (N-methyl/N-ethyl adjacent to an activating group) is 1. The second-order valence-electron chi connectivity index (χ2n) is 10.2. The third-order valence-corrected chi connectivity index (χ3v) is 7.92. The summed E-state index contributed by atoms with van der Waals surface area (Å²) in [6.07, 6.45) is 6.40. The molecule has 1 aliphatic carbocycles. The topological polar surface area (TPSA) is 71.9 Å². The van der Waals surface area contributed by atoms with Crippen molar-refractivity contribution in [1.29, 1.82) is 0 Å². The van der Waals surface area contributed by atoms with Crippen molar-refractivity contribution >= 4 is 11.3 Å². The molecule has 36 heavy (non-hydrogen) atoms. The molecule has 0 bridgehead atoms. The summed E-state index contributed by atoms with van der Waals surface area (Å²) in [4.78, 5) is 9.45. The first kappa shape index (κ1) is 23.0. The number of nitrogens with two attached hydrogens (primary N) is 1. The number of nitrogen functional groups attached to an aromatic ring is 1. The van der Waals surface area contributed by atoms with Crippen LogP contribution in [0.1, 0.15) is 37.3 Å². The Balaban J connectivity index is 1.24. The number of piperazine rings is 1. The highest BCUT2D eigenvalue weighted by molar-refractivity contribution is 5.88. The molecule has 4 aromatic rings. The molecule has 1 saturated carbocycles. The Labute approximate surface area is 212 Å². The fraction of sp³-hybridized carbons (Fsp3) is 0.379. The lowest BCUT2D eigenvalue weighted by Crippen LogP contribution is -2.49. The average Bonchev–Trinajstić information content (AvgIpc) is 3.31. The van der Waals surface area contributed by atoms with Gasteiger partial charge in [-0.1, -0.05) is 30.3 Å². The van der Waals surface area contributed by atoms with E-state index in [2.05, 4.69) is 45.1 Å². The molecule has 1 saturated heterocycles. The molecule has 0 radical (unpaired) electrons. The van der Waals surface area contributed by atoms with E-state index in [0.717, 1.165) is 28.1 Å². The molecule has 6 rings (SSSR count). The Morgan fingerprint density at radius 2 is 1.56 bits per heavy atom. The van der Waals surface area contributed by atoms with Crippen molar-refractivity contribution in [2.45, 2.75) is 37.6 Å². The van der Waals surface area contributed by atoms with Crippen LogP contribution < -0.4 is 10.5 Å². The number of nitrogens with zero attached hydrogens (tertiary/aromatic N) is 5. The predicted octanol–water partition coefficient (Wildman–Crippen LogP) is 5.04. The summed E-state index contributed by atoms with van der Waals surface area (Å²) < 4.78 is 8.02. The first-order chi connectivity index (χ1) is 17.7. The van der Waals surface area contributed by atoms with Crippen LogP contribution in [0.25, 0.3) is 16.6 Å². The molecule has 7 heteroatoms. The van der Waals surface area contributed by atoms with Crippen molar-refractivity contribution < 1.29 is 4.74 Å². The van der Waals surface area contributed by atoms with Gasteiger partial charge in [-0.3, -0.25) is 4.90 Å². The van der Waals surface area contributed by atoms with Crippen molar-refractivity contribution in [1.82, 2.24) is 24.4 Å². The van der Waals surface area contributed by atoms with Crippen molar-refractivity contribution in [3.05, 3.63) is 72.7 Å². The van der Waals surface area contributed by atoms with E-state index in [-0.39, 0.29) is 0 Å². The Bertz CT molecular complexity index is 1300. The molecule has 2 aromatic carbocycles. The van der Waals surface area contributed by atoms with Gasteiger partial charge in [-0.25, -0.2) is 9.50 Å². The Hall–Kier alpha value is -3.42. The van der Waals surface area contributed by atoms with Gasteiger partial charge in [-0.15, -0.1) is 0 Å². The maximum atomic E-state index is 6.39. The van der Waals surface area contributed by atoms with E-state index in [1.54, 1.807) is 6.33 Å². The minimum absolute atomic E-state index is 0.477. The van der Waals surface area contributed by atoms with E-state index >= 15 is 0 Å². The first-order valence-corrected chi connectivity index (χ1v) is 13.0. The first-order valence-electron chi connectivity index (χ1n) is 13.0. The summed E-state index contributed by atoms with van der Waals surface area (Å²) in [6.45, 7) is 4.74. The van der Waals surface area contributed by atoms with Crippen molar-refractivity contribution in [3.63, 3.8) is 0 Å². The lowest BCUT2D eigenvalue weighted by atomic mass is 9.83. The smallest absolute Gasteiger partial charge is 0.151 e. The van der Waals surface area contributed by atoms with Crippen LogP contribution in [0.5, 0.6) is 11.5 Å². The molecule has 3 heterocycles. The Morgan fingerprint density at radius 1 is 0.861 bits per heavy atom. The van der Waals surface area contributed by atoms with Crippen LogP contribution in [0, 0.1) is 0 Å². The van der Waals surface area contributed by atoms with E-state index in [4.69, 9.17) is 10.5 Å². The largest absolute Gasteiger partial charge is 0.457 e. The monoisotopic (exact) mass is 482 g/mol. The molecule has 0 atom stereocenters. The summed E-state index contributed by atoms with van der Waals surface area (Å²) in [6, 6.07) is 21.0. The highest BCUT2D eigenvalue weighted by atomic mass is 16.5. The van der Waals surface area contributed by atoms with Gasteiger partial charge in [0.25, 0.3) is 0 Å². The zero-order chi connectivity index (χ0) is 24.5. The minimum atomic E-state index is 0.477. The molecular weight excluding hydrogens is 448 g/mol. The highest BCUT2D eigenvalue weighted by Crippen LogP contribution is 2.40. The Kier molecular flexibility index (Phi) is 6.34. The number of aromatic nitrogens is 3. The minimum Gasteiger partial charge on any atom is -0.457 e. The molecule has 2 fully saturated rings. The van der Waals surface area contributed by atoms with Gasteiger partial charge in [-0.05, 0) is 68.6 Å². The van der Waals surface area contributed by atoms with Crippen LogP contribution in [-0.2, 0) is 0 Å². The van der Waals surface area contributed by atoms with E-state index in [0.29, 0.717) is 17.8 Å². The van der Waals surface area contributed by atoms with Gasteiger partial charge >= 0.3 is 0 Å². The maximum absolute atomic E-state index is 6.39. The lowest BCUT2D eigenvalue weighted by Gasteiger charge is -2.41. The third kappa shape index (κ3) is 4.56. The maximum Gasteiger partial charge on any atom is 0.151 e. The quantitative estimate of drug-likeness (QED) is 0.429. The molecule has 2 N–H and O–H groups in total. The number of rotatable bonds is 5. The summed E-state index contributed by atoms with van der Waals surface area (Å²) in [5.41, 5.74) is 10.7. The van der Waals surface area contributed by atoms with Crippen LogP contribution in [0.3, 0.4) is 0 Å². The van der Waals surface area contributed by atoms with Crippen LogP contribution in [0.15, 0.2) is 67.0 Å². The molecule has 1 aliphatic heterocycles. The fourth-order valence-electron chi connectivity index (χ4n) is 5.85. The van der Waals surface area contributed by atoms with E-state index in [9.17, 15) is 0 Å². The average molecular weight is 483 g/mol. The number of fused-ring (bicyclic) bond motifs is 1. The summed E-state index contributed by atoms with van der Waals surface area (Å²) >= 11 is 0. The molecule has 0 unspecified atom stereocenters. The normalized spacial score (nSPS) is 21.6. The number of hydrogen-bond acceptors (Lipinski definition) is 6. The lowest BCUT2D eigenvalue weighted by molar-refractivity contribution is 0.0874. The molecule has 0 spiro atoms. The standard InChI is InChI=1S/C29H34N6O/c1-33-15-17-34(18-16-33)23-11-7-22(8-12-23)27-19-26(28-29(30)31-20-32-35(27)28)21-9-13-25(14-10-21)36-24-5-3-2-4-6-24/h2-6,9-10,13-14,19-20,22-23H,7-8,11-12,15-18H2,1H3,(H2,30,31,32)/t22-,23-. The number of anilines is 1. The van der Waals surface area contributed by atoms with Crippen molar-refractivity contribution in [3.8, 4) is 22.6 Å². The Morgan fingerprint density at radius 3 is 2.28 bits per heavy atom. The van der Waals surface area contributed by atoms with Crippen LogP contribution in [0.2, 0.25) is 0 Å². The molecule has 2 aromatic heterocycles. The number of benzene rings is 2. The van der Waals surface area contributed by atoms with Gasteiger partial charge in [0.1, 0.15) is 23.3 Å². The SMILES string of the molecule is CN1CCN([C@H]2CC[C@H](c3cc(-c4ccc(Oc5ccccc5)cc4)c4c(N)ncnn43)CC2)CC1. The summed E-state index contributed by atoms with van der Waals surface area (Å²) in [5, 5.41) is 4.64. The molecule has 186 valence electrons. The van der Waals surface area contributed by atoms with E-state index in [1.807, 2.05) is 47.0 Å². The van der Waals surface area contributed by atoms with Gasteiger partial charge in [0.15, 0.2) is 5.82 Å². The van der Waals surface area contributed by atoms with Crippen molar-refractivity contribution in [2.75, 3.05) is 39.0 Å². The number of ether oxygens (including phenoxy) is 1. The zero-order valence-corrected chi connectivity index (χ0v) is 20.9. The molecule has 2 aliphatic rings. The van der Waals surface area contributed by atoms with Gasteiger partial charge in [0, 0.05) is 49.4 Å². The van der Waals surface area contributed by atoms with E-state index < -0.39 is 0 Å². The number of para-hydroxylation sites is 1. The zero-order valence-electron chi connectivity index (χ0n) is 20.9. The third-order valence-electron chi connectivity index (χ3n) is 7.92.